The summed E-state index contributed by atoms with van der Waals surface area (Å²) in [5.74, 6) is 0.169. The van der Waals surface area contributed by atoms with Crippen LogP contribution in [0.4, 0.5) is 0 Å². The summed E-state index contributed by atoms with van der Waals surface area (Å²) >= 11 is 0. The van der Waals surface area contributed by atoms with Gasteiger partial charge >= 0.3 is 5.97 Å². The molecule has 0 bridgehead atoms. The van der Waals surface area contributed by atoms with Crippen LogP contribution in [0, 0.1) is 34.5 Å². The molecule has 5 heteroatoms. The van der Waals surface area contributed by atoms with Crippen molar-refractivity contribution in [2.24, 2.45) is 34.5 Å². The van der Waals surface area contributed by atoms with Crippen molar-refractivity contribution in [1.29, 1.82) is 0 Å². The van der Waals surface area contributed by atoms with E-state index in [9.17, 15) is 19.5 Å². The number of ketones is 2. The highest BCUT2D eigenvalue weighted by molar-refractivity contribution is 5.91. The van der Waals surface area contributed by atoms with Crippen LogP contribution in [-0.4, -0.2) is 34.9 Å². The van der Waals surface area contributed by atoms with Crippen molar-refractivity contribution >= 4 is 17.5 Å². The summed E-state index contributed by atoms with van der Waals surface area (Å²) < 4.78 is 5.43. The number of hydrogen-bond donors (Lipinski definition) is 1. The van der Waals surface area contributed by atoms with Gasteiger partial charge in [0.1, 0.15) is 0 Å². The van der Waals surface area contributed by atoms with Crippen LogP contribution in [0.3, 0.4) is 0 Å². The lowest BCUT2D eigenvalue weighted by Gasteiger charge is -2.59. The third kappa shape index (κ3) is 2.35. The molecule has 0 amide bonds. The lowest BCUT2D eigenvalue weighted by atomic mass is 9.45. The van der Waals surface area contributed by atoms with Gasteiger partial charge in [-0.2, -0.15) is 0 Å². The van der Waals surface area contributed by atoms with E-state index in [1.165, 1.54) is 6.92 Å². The van der Waals surface area contributed by atoms with E-state index in [0.717, 1.165) is 12.8 Å². The van der Waals surface area contributed by atoms with E-state index in [2.05, 4.69) is 13.0 Å². The zero-order chi connectivity index (χ0) is 18.9. The third-order valence-electron chi connectivity index (χ3n) is 8.09. The molecular weight excluding hydrogens is 332 g/mol. The van der Waals surface area contributed by atoms with Gasteiger partial charge in [0.15, 0.2) is 17.7 Å². The second kappa shape index (κ2) is 5.75. The lowest BCUT2D eigenvalue weighted by Crippen LogP contribution is -2.58. The molecule has 0 heterocycles. The van der Waals surface area contributed by atoms with Crippen molar-refractivity contribution in [3.05, 3.63) is 12.2 Å². The van der Waals surface area contributed by atoms with E-state index in [0.29, 0.717) is 19.3 Å². The summed E-state index contributed by atoms with van der Waals surface area (Å²) in [5, 5.41) is 11.0. The number of carbonyl (C=O) groups is 3. The Morgan fingerprint density at radius 2 is 1.96 bits per heavy atom. The quantitative estimate of drug-likeness (QED) is 0.727. The zero-order valence-electron chi connectivity index (χ0n) is 15.7. The van der Waals surface area contributed by atoms with E-state index >= 15 is 0 Å². The van der Waals surface area contributed by atoms with E-state index in [-0.39, 0.29) is 40.7 Å². The molecule has 142 valence electrons. The zero-order valence-corrected chi connectivity index (χ0v) is 15.7. The highest BCUT2D eigenvalue weighted by Crippen LogP contribution is 2.64. The van der Waals surface area contributed by atoms with E-state index in [1.54, 1.807) is 6.08 Å². The van der Waals surface area contributed by atoms with Crippen molar-refractivity contribution < 1.29 is 24.2 Å². The third-order valence-corrected chi connectivity index (χ3v) is 8.09. The minimum atomic E-state index is -0.688. The fourth-order valence-corrected chi connectivity index (χ4v) is 6.73. The topological polar surface area (TPSA) is 80.7 Å². The van der Waals surface area contributed by atoms with Crippen LogP contribution in [0.1, 0.15) is 52.9 Å². The average Bonchev–Trinajstić information content (AvgIpc) is 2.80. The van der Waals surface area contributed by atoms with Gasteiger partial charge in [-0.25, -0.2) is 0 Å². The molecule has 0 aliphatic heterocycles. The fourth-order valence-electron chi connectivity index (χ4n) is 6.73. The molecule has 0 radical (unpaired) electrons. The maximum atomic E-state index is 12.7. The predicted molar refractivity (Wildman–Crippen MR) is 94.0 cm³/mol. The van der Waals surface area contributed by atoms with Gasteiger partial charge in [0.05, 0.1) is 6.10 Å². The van der Waals surface area contributed by atoms with Crippen LogP contribution in [0.15, 0.2) is 12.2 Å². The molecule has 4 aliphatic rings. The molecule has 3 fully saturated rings. The number of ether oxygens (including phenoxy) is 1. The average molecular weight is 360 g/mol. The van der Waals surface area contributed by atoms with Crippen LogP contribution in [0.5, 0.6) is 0 Å². The van der Waals surface area contributed by atoms with E-state index in [4.69, 9.17) is 4.74 Å². The highest BCUT2D eigenvalue weighted by Gasteiger charge is 2.65. The van der Waals surface area contributed by atoms with Crippen LogP contribution < -0.4 is 0 Å². The van der Waals surface area contributed by atoms with Crippen LogP contribution in [0.2, 0.25) is 0 Å². The Bertz CT molecular complexity index is 697. The number of esters is 1. The second-order valence-electron chi connectivity index (χ2n) is 9.36. The van der Waals surface area contributed by atoms with Crippen molar-refractivity contribution in [2.75, 3.05) is 0 Å². The van der Waals surface area contributed by atoms with Gasteiger partial charge in [-0.3, -0.25) is 14.4 Å². The molecule has 0 saturated heterocycles. The number of fused-ring (bicyclic) bond motifs is 5. The maximum absolute atomic E-state index is 12.7. The predicted octanol–water partition coefficient (Wildman–Crippen LogP) is 2.46. The van der Waals surface area contributed by atoms with E-state index in [1.807, 2.05) is 6.92 Å². The molecule has 5 nitrogen and oxygen atoms in total. The monoisotopic (exact) mass is 360 g/mol. The number of carbonyl (C=O) groups excluding carboxylic acids is 3. The molecule has 26 heavy (non-hydrogen) atoms. The maximum Gasteiger partial charge on any atom is 0.303 e. The van der Waals surface area contributed by atoms with Gasteiger partial charge in [-0.15, -0.1) is 0 Å². The summed E-state index contributed by atoms with van der Waals surface area (Å²) in [4.78, 5) is 36.1. The van der Waals surface area contributed by atoms with Crippen LogP contribution in [0.25, 0.3) is 0 Å². The minimum Gasteiger partial charge on any atom is -0.454 e. The number of Topliss-reactive ketones (excluding diaryl/α,β-unsaturated/α-hetero) is 1. The standard InChI is InChI=1S/C21H28O5/c1-11(22)26-19-17(25)10-15-18-14(5-7-21(15,19)3)20(2)6-4-13(23)8-12(20)9-16(18)24/h4,6,12,14-16,18-19,24H,5,7-10H2,1-3H3/t12-,14?,15?,16+,18?,19?,20+,21+/m1/s1. The molecule has 3 saturated carbocycles. The Morgan fingerprint density at radius 3 is 2.65 bits per heavy atom. The van der Waals surface area contributed by atoms with Gasteiger partial charge < -0.3 is 9.84 Å². The summed E-state index contributed by atoms with van der Waals surface area (Å²) in [7, 11) is 0. The number of allylic oxidation sites excluding steroid dienone is 2. The van der Waals surface area contributed by atoms with Crippen molar-refractivity contribution in [3.8, 4) is 0 Å². The Labute approximate surface area is 154 Å². The van der Waals surface area contributed by atoms with Gasteiger partial charge in [0.2, 0.25) is 0 Å². The summed E-state index contributed by atoms with van der Waals surface area (Å²) in [6.07, 6.45) is 5.74. The van der Waals surface area contributed by atoms with Gasteiger partial charge in [-0.1, -0.05) is 19.9 Å². The first kappa shape index (κ1) is 17.9. The first-order valence-corrected chi connectivity index (χ1v) is 9.77. The first-order chi connectivity index (χ1) is 12.2. The van der Waals surface area contributed by atoms with Gasteiger partial charge in [0, 0.05) is 25.2 Å². The fraction of sp³-hybridized carbons (Fsp3) is 0.762. The van der Waals surface area contributed by atoms with E-state index < -0.39 is 23.6 Å². The SMILES string of the molecule is CC(=O)OC1C(=O)CC2C3C(CC[C@]12C)[C@@]1(C)C=CC(=O)C[C@@H]1C[C@@H]3O. The highest BCUT2D eigenvalue weighted by atomic mass is 16.5. The van der Waals surface area contributed by atoms with Crippen molar-refractivity contribution in [2.45, 2.75) is 65.1 Å². The second-order valence-corrected chi connectivity index (χ2v) is 9.36. The molecule has 4 unspecified atom stereocenters. The Kier molecular flexibility index (Phi) is 3.96. The number of hydrogen-bond acceptors (Lipinski definition) is 5. The van der Waals surface area contributed by atoms with Gasteiger partial charge in [-0.05, 0) is 54.4 Å². The summed E-state index contributed by atoms with van der Waals surface area (Å²) in [6.45, 7) is 5.61. The van der Waals surface area contributed by atoms with Crippen molar-refractivity contribution in [3.63, 3.8) is 0 Å². The molecule has 1 N–H and O–H groups in total. The van der Waals surface area contributed by atoms with Crippen LogP contribution in [-0.2, 0) is 19.1 Å². The molecular formula is C21H28O5. The van der Waals surface area contributed by atoms with Crippen LogP contribution >= 0.6 is 0 Å². The van der Waals surface area contributed by atoms with Gasteiger partial charge in [0.25, 0.3) is 0 Å². The summed E-state index contributed by atoms with van der Waals surface area (Å²) in [5.41, 5.74) is -0.510. The first-order valence-electron chi connectivity index (χ1n) is 9.77. The normalized spacial score (nSPS) is 50.0. The number of rotatable bonds is 1. The minimum absolute atomic E-state index is 0.0114. The Hall–Kier alpha value is -1.49. The Balaban J connectivity index is 1.70. The molecule has 0 aromatic rings. The number of aliphatic hydroxyl groups excluding tert-OH is 1. The molecule has 0 spiro atoms. The molecule has 0 aromatic heterocycles. The Morgan fingerprint density at radius 1 is 1.23 bits per heavy atom. The molecule has 4 rings (SSSR count). The smallest absolute Gasteiger partial charge is 0.303 e. The van der Waals surface area contributed by atoms with Crippen molar-refractivity contribution in [1.82, 2.24) is 0 Å². The molecule has 0 aromatic carbocycles. The largest absolute Gasteiger partial charge is 0.454 e. The molecule has 4 aliphatic carbocycles. The lowest BCUT2D eigenvalue weighted by molar-refractivity contribution is -0.170. The molecule has 8 atom stereocenters. The number of aliphatic hydroxyl groups is 1. The summed E-state index contributed by atoms with van der Waals surface area (Å²) in [6, 6.07) is 0.